The summed E-state index contributed by atoms with van der Waals surface area (Å²) < 4.78 is 29.6. The van der Waals surface area contributed by atoms with E-state index in [0.717, 1.165) is 5.76 Å². The molecule has 2 heterocycles. The standard InChI is InChI=1S/C13H15F2NOS2/c1-9(12-3-2-6-18-12)16-7-10-4-5-11(17-10)8-19-13(14)15/h2-6,9,13,16H,7-8H2,1H3/t9-/m0/s1. The smallest absolute Gasteiger partial charge is 0.284 e. The Labute approximate surface area is 119 Å². The molecular formula is C13H15F2NOS2. The minimum atomic E-state index is -2.36. The number of furan rings is 1. The first-order valence-electron chi connectivity index (χ1n) is 5.89. The quantitative estimate of drug-likeness (QED) is 0.806. The molecule has 0 bridgehead atoms. The van der Waals surface area contributed by atoms with Gasteiger partial charge in [-0.05, 0) is 30.5 Å². The third-order valence-corrected chi connectivity index (χ3v) is 4.38. The summed E-state index contributed by atoms with van der Waals surface area (Å²) in [5, 5.41) is 5.38. The zero-order valence-electron chi connectivity index (χ0n) is 10.4. The molecule has 104 valence electrons. The fraction of sp³-hybridized carbons (Fsp3) is 0.385. The SMILES string of the molecule is C[C@H](NCc1ccc(CSC(F)F)o1)c1cccs1. The van der Waals surface area contributed by atoms with E-state index in [1.165, 1.54) is 4.88 Å². The summed E-state index contributed by atoms with van der Waals surface area (Å²) in [5.74, 6) is -0.789. The normalized spacial score (nSPS) is 13.1. The maximum atomic E-state index is 12.0. The van der Waals surface area contributed by atoms with Crippen LogP contribution in [0.2, 0.25) is 0 Å². The first-order valence-corrected chi connectivity index (χ1v) is 7.82. The molecule has 1 atom stereocenters. The predicted octanol–water partition coefficient (Wildman–Crippen LogP) is 4.65. The van der Waals surface area contributed by atoms with Crippen LogP contribution in [0.4, 0.5) is 8.78 Å². The van der Waals surface area contributed by atoms with Crippen LogP contribution in [0, 0.1) is 0 Å². The minimum Gasteiger partial charge on any atom is -0.464 e. The van der Waals surface area contributed by atoms with Crippen LogP contribution in [0.5, 0.6) is 0 Å². The molecule has 0 fully saturated rings. The Balaban J connectivity index is 1.80. The summed E-state index contributed by atoms with van der Waals surface area (Å²) in [4.78, 5) is 1.26. The zero-order chi connectivity index (χ0) is 13.7. The van der Waals surface area contributed by atoms with Crippen molar-refractivity contribution in [2.24, 2.45) is 0 Å². The molecule has 2 rings (SSSR count). The van der Waals surface area contributed by atoms with E-state index in [2.05, 4.69) is 18.3 Å². The lowest BCUT2D eigenvalue weighted by Crippen LogP contribution is -2.16. The van der Waals surface area contributed by atoms with E-state index in [0.29, 0.717) is 24.1 Å². The molecule has 0 saturated heterocycles. The maximum absolute atomic E-state index is 12.0. The van der Waals surface area contributed by atoms with Crippen LogP contribution in [-0.2, 0) is 12.3 Å². The lowest BCUT2D eigenvalue weighted by atomic mass is 10.2. The van der Waals surface area contributed by atoms with Gasteiger partial charge in [0.15, 0.2) is 0 Å². The third kappa shape index (κ3) is 4.63. The highest BCUT2D eigenvalue weighted by Gasteiger charge is 2.09. The van der Waals surface area contributed by atoms with Crippen LogP contribution in [0.1, 0.15) is 29.4 Å². The number of halogens is 2. The van der Waals surface area contributed by atoms with Crippen LogP contribution in [0.25, 0.3) is 0 Å². The summed E-state index contributed by atoms with van der Waals surface area (Å²) in [6.07, 6.45) is 0. The van der Waals surface area contributed by atoms with Gasteiger partial charge in [0, 0.05) is 10.9 Å². The van der Waals surface area contributed by atoms with Gasteiger partial charge in [0.25, 0.3) is 5.76 Å². The molecule has 0 aliphatic carbocycles. The van der Waals surface area contributed by atoms with Gasteiger partial charge in [-0.2, -0.15) is 8.78 Å². The van der Waals surface area contributed by atoms with Crippen molar-refractivity contribution in [2.45, 2.75) is 31.0 Å². The van der Waals surface area contributed by atoms with Crippen molar-refractivity contribution < 1.29 is 13.2 Å². The molecule has 2 nitrogen and oxygen atoms in total. The molecule has 2 aromatic heterocycles. The van der Waals surface area contributed by atoms with E-state index in [1.54, 1.807) is 17.4 Å². The van der Waals surface area contributed by atoms with E-state index in [4.69, 9.17) is 4.42 Å². The summed E-state index contributed by atoms with van der Waals surface area (Å²) >= 11 is 2.28. The number of thiophene rings is 1. The number of hydrogen-bond donors (Lipinski definition) is 1. The first-order chi connectivity index (χ1) is 9.15. The van der Waals surface area contributed by atoms with Gasteiger partial charge in [0.1, 0.15) is 11.5 Å². The lowest BCUT2D eigenvalue weighted by Gasteiger charge is -2.10. The fourth-order valence-corrected chi connectivity index (χ4v) is 2.84. The molecule has 0 radical (unpaired) electrons. The van der Waals surface area contributed by atoms with Crippen molar-refractivity contribution in [1.82, 2.24) is 5.32 Å². The summed E-state index contributed by atoms with van der Waals surface area (Å²) in [5.41, 5.74) is 0. The Hall–Kier alpha value is -0.850. The molecule has 0 aliphatic rings. The van der Waals surface area contributed by atoms with Gasteiger partial charge in [-0.1, -0.05) is 17.8 Å². The second kappa shape index (κ2) is 7.07. The van der Waals surface area contributed by atoms with Crippen LogP contribution < -0.4 is 5.32 Å². The van der Waals surface area contributed by atoms with E-state index in [1.807, 2.05) is 17.5 Å². The van der Waals surface area contributed by atoms with Gasteiger partial charge < -0.3 is 9.73 Å². The number of alkyl halides is 2. The molecule has 0 saturated carbocycles. The molecule has 0 spiro atoms. The number of rotatable bonds is 7. The summed E-state index contributed by atoms with van der Waals surface area (Å²) in [6, 6.07) is 7.93. The van der Waals surface area contributed by atoms with E-state index >= 15 is 0 Å². The van der Waals surface area contributed by atoms with Gasteiger partial charge in [0.05, 0.1) is 12.3 Å². The van der Waals surface area contributed by atoms with E-state index in [-0.39, 0.29) is 11.8 Å². The van der Waals surface area contributed by atoms with Gasteiger partial charge in [-0.15, -0.1) is 11.3 Å². The van der Waals surface area contributed by atoms with Crippen molar-refractivity contribution >= 4 is 23.1 Å². The molecule has 6 heteroatoms. The van der Waals surface area contributed by atoms with Crippen molar-refractivity contribution in [1.29, 1.82) is 0 Å². The number of thioether (sulfide) groups is 1. The van der Waals surface area contributed by atoms with Crippen molar-refractivity contribution in [2.75, 3.05) is 0 Å². The molecule has 19 heavy (non-hydrogen) atoms. The largest absolute Gasteiger partial charge is 0.464 e. The molecule has 2 aromatic rings. The Kier molecular flexibility index (Phi) is 5.42. The summed E-state index contributed by atoms with van der Waals surface area (Å²) in [7, 11) is 0. The maximum Gasteiger partial charge on any atom is 0.284 e. The predicted molar refractivity (Wildman–Crippen MR) is 75.6 cm³/mol. The van der Waals surface area contributed by atoms with Crippen LogP contribution in [-0.4, -0.2) is 5.76 Å². The molecule has 0 aromatic carbocycles. The highest BCUT2D eigenvalue weighted by molar-refractivity contribution is 7.98. The van der Waals surface area contributed by atoms with Crippen molar-refractivity contribution in [3.63, 3.8) is 0 Å². The van der Waals surface area contributed by atoms with Crippen molar-refractivity contribution in [3.8, 4) is 0 Å². The van der Waals surface area contributed by atoms with Gasteiger partial charge in [0.2, 0.25) is 0 Å². The second-order valence-corrected chi connectivity index (χ2v) is 6.02. The van der Waals surface area contributed by atoms with Crippen LogP contribution in [0.15, 0.2) is 34.1 Å². The third-order valence-electron chi connectivity index (χ3n) is 2.62. The molecule has 1 N–H and O–H groups in total. The van der Waals surface area contributed by atoms with Gasteiger partial charge >= 0.3 is 0 Å². The zero-order valence-corrected chi connectivity index (χ0v) is 12.1. The van der Waals surface area contributed by atoms with Crippen LogP contribution >= 0.6 is 23.1 Å². The van der Waals surface area contributed by atoms with Crippen molar-refractivity contribution in [3.05, 3.63) is 46.0 Å². The molecule has 0 aliphatic heterocycles. The van der Waals surface area contributed by atoms with E-state index < -0.39 is 5.76 Å². The summed E-state index contributed by atoms with van der Waals surface area (Å²) in [6.45, 7) is 2.68. The number of nitrogens with one attached hydrogen (secondary N) is 1. The monoisotopic (exact) mass is 303 g/mol. The number of hydrogen-bond acceptors (Lipinski definition) is 4. The Morgan fingerprint density at radius 2 is 2.11 bits per heavy atom. The topological polar surface area (TPSA) is 25.2 Å². The molecule has 0 unspecified atom stereocenters. The van der Waals surface area contributed by atoms with E-state index in [9.17, 15) is 8.78 Å². The highest BCUT2D eigenvalue weighted by Crippen LogP contribution is 2.22. The lowest BCUT2D eigenvalue weighted by molar-refractivity contribution is 0.251. The first kappa shape index (κ1) is 14.6. The Morgan fingerprint density at radius 3 is 2.79 bits per heavy atom. The van der Waals surface area contributed by atoms with Gasteiger partial charge in [-0.3, -0.25) is 0 Å². The van der Waals surface area contributed by atoms with Crippen LogP contribution in [0.3, 0.4) is 0 Å². The second-order valence-electron chi connectivity index (χ2n) is 4.06. The van der Waals surface area contributed by atoms with Gasteiger partial charge in [-0.25, -0.2) is 0 Å². The molecule has 0 amide bonds. The highest BCUT2D eigenvalue weighted by atomic mass is 32.2. The average Bonchev–Trinajstić information content (AvgIpc) is 3.04. The molecular weight excluding hydrogens is 288 g/mol. The fourth-order valence-electron chi connectivity index (χ4n) is 1.63. The minimum absolute atomic E-state index is 0.206. The Bertz CT molecular complexity index is 485. The Morgan fingerprint density at radius 1 is 1.32 bits per heavy atom. The average molecular weight is 303 g/mol.